The van der Waals surface area contributed by atoms with E-state index in [4.69, 9.17) is 0 Å². The third kappa shape index (κ3) is 2.16. The van der Waals surface area contributed by atoms with Crippen LogP contribution in [0.2, 0.25) is 0 Å². The number of phenols is 1. The molecule has 1 N–H and O–H groups in total. The highest BCUT2D eigenvalue weighted by Crippen LogP contribution is 2.26. The number of phenolic OH excluding ortho intramolecular Hbond substituents is 1. The number of rotatable bonds is 2. The number of aromatic nitrogens is 1. The first-order valence-corrected chi connectivity index (χ1v) is 6.24. The molecule has 0 spiro atoms. The van der Waals surface area contributed by atoms with Gasteiger partial charge in [-0.2, -0.15) is 0 Å². The quantitative estimate of drug-likeness (QED) is 0.783. The number of para-hydroxylation sites is 1. The molecule has 0 fully saturated rings. The molecular formula is C12H12NOP. The van der Waals surface area contributed by atoms with Crippen molar-refractivity contribution in [1.29, 1.82) is 0 Å². The minimum Gasteiger partial charge on any atom is -0.507 e. The van der Waals surface area contributed by atoms with Crippen LogP contribution >= 0.6 is 8.58 Å². The zero-order valence-corrected chi connectivity index (χ0v) is 9.44. The molecule has 2 aromatic rings. The molecule has 1 aromatic carbocycles. The Morgan fingerprint density at radius 3 is 2.60 bits per heavy atom. The van der Waals surface area contributed by atoms with E-state index in [0.29, 0.717) is 8.58 Å². The summed E-state index contributed by atoms with van der Waals surface area (Å²) in [5.41, 5.74) is 2.69. The summed E-state index contributed by atoms with van der Waals surface area (Å²) in [7, 11) is 0.675. The maximum atomic E-state index is 9.69. The Morgan fingerprint density at radius 2 is 1.87 bits per heavy atom. The van der Waals surface area contributed by atoms with E-state index in [1.807, 2.05) is 36.4 Å². The van der Waals surface area contributed by atoms with E-state index in [9.17, 15) is 5.11 Å². The molecular weight excluding hydrogens is 205 g/mol. The lowest BCUT2D eigenvalue weighted by atomic mass is 10.1. The summed E-state index contributed by atoms with van der Waals surface area (Å²) in [6.07, 6.45) is 0. The third-order valence-corrected chi connectivity index (χ3v) is 2.98. The van der Waals surface area contributed by atoms with Crippen LogP contribution in [0.3, 0.4) is 0 Å². The standard InChI is InChI=1S/C12H12NOP/c1-15-12-8-4-6-10(13-12)9-5-2-3-7-11(9)14/h2-8,14-15H,1H3. The van der Waals surface area contributed by atoms with Crippen LogP contribution in [-0.2, 0) is 0 Å². The predicted molar refractivity (Wildman–Crippen MR) is 65.2 cm³/mol. The van der Waals surface area contributed by atoms with Gasteiger partial charge in [-0.3, -0.25) is 0 Å². The fourth-order valence-corrected chi connectivity index (χ4v) is 1.91. The average molecular weight is 217 g/mol. The van der Waals surface area contributed by atoms with Gasteiger partial charge in [0.15, 0.2) is 0 Å². The van der Waals surface area contributed by atoms with E-state index < -0.39 is 0 Å². The molecule has 1 unspecified atom stereocenters. The molecule has 0 saturated heterocycles. The second kappa shape index (κ2) is 4.41. The smallest absolute Gasteiger partial charge is 0.124 e. The lowest BCUT2D eigenvalue weighted by molar-refractivity contribution is 0.477. The number of aromatic hydroxyl groups is 1. The maximum absolute atomic E-state index is 9.69. The Kier molecular flexibility index (Phi) is 2.98. The summed E-state index contributed by atoms with van der Waals surface area (Å²) >= 11 is 0. The van der Waals surface area contributed by atoms with Crippen LogP contribution < -0.4 is 5.44 Å². The molecule has 15 heavy (non-hydrogen) atoms. The zero-order valence-electron chi connectivity index (χ0n) is 8.44. The van der Waals surface area contributed by atoms with Gasteiger partial charge in [-0.25, -0.2) is 4.98 Å². The molecule has 1 aromatic heterocycles. The van der Waals surface area contributed by atoms with E-state index in [0.717, 1.165) is 16.7 Å². The average Bonchev–Trinajstić information content (AvgIpc) is 2.30. The van der Waals surface area contributed by atoms with Gasteiger partial charge in [-0.15, -0.1) is 0 Å². The van der Waals surface area contributed by atoms with Gasteiger partial charge in [0.2, 0.25) is 0 Å². The van der Waals surface area contributed by atoms with E-state index in [-0.39, 0.29) is 5.75 Å². The van der Waals surface area contributed by atoms with Crippen molar-refractivity contribution in [3.05, 3.63) is 42.5 Å². The van der Waals surface area contributed by atoms with Crippen LogP contribution in [0.1, 0.15) is 0 Å². The second-order valence-electron chi connectivity index (χ2n) is 3.18. The normalized spacial score (nSPS) is 11.0. The number of benzene rings is 1. The molecule has 1 atom stereocenters. The van der Waals surface area contributed by atoms with Crippen LogP contribution in [0.5, 0.6) is 5.75 Å². The lowest BCUT2D eigenvalue weighted by Gasteiger charge is -2.04. The Bertz CT molecular complexity index is 471. The molecule has 2 nitrogen and oxygen atoms in total. The van der Waals surface area contributed by atoms with Gasteiger partial charge in [-0.05, 0) is 30.9 Å². The van der Waals surface area contributed by atoms with Crippen LogP contribution in [0.15, 0.2) is 42.5 Å². The highest BCUT2D eigenvalue weighted by molar-refractivity contribution is 7.45. The molecule has 0 bridgehead atoms. The van der Waals surface area contributed by atoms with Crippen LogP contribution in [0, 0.1) is 0 Å². The maximum Gasteiger partial charge on any atom is 0.124 e. The van der Waals surface area contributed by atoms with Gasteiger partial charge < -0.3 is 5.11 Å². The molecule has 0 amide bonds. The SMILES string of the molecule is CPc1cccc(-c2ccccc2O)n1. The molecule has 0 saturated carbocycles. The number of hydrogen-bond donors (Lipinski definition) is 1. The minimum absolute atomic E-state index is 0.279. The first-order chi connectivity index (χ1) is 7.31. The highest BCUT2D eigenvalue weighted by Gasteiger charge is 2.04. The molecule has 0 aliphatic carbocycles. The van der Waals surface area contributed by atoms with E-state index in [1.54, 1.807) is 6.07 Å². The van der Waals surface area contributed by atoms with Gasteiger partial charge in [0.25, 0.3) is 0 Å². The second-order valence-corrected chi connectivity index (χ2v) is 4.19. The van der Waals surface area contributed by atoms with Gasteiger partial charge in [-0.1, -0.05) is 26.8 Å². The van der Waals surface area contributed by atoms with Gasteiger partial charge in [0.05, 0.1) is 11.1 Å². The third-order valence-electron chi connectivity index (χ3n) is 2.19. The fraction of sp³-hybridized carbons (Fsp3) is 0.0833. The molecule has 0 aliphatic heterocycles. The van der Waals surface area contributed by atoms with Crippen molar-refractivity contribution < 1.29 is 5.11 Å². The van der Waals surface area contributed by atoms with Gasteiger partial charge in [0.1, 0.15) is 5.75 Å². The van der Waals surface area contributed by atoms with Crippen molar-refractivity contribution in [2.75, 3.05) is 6.66 Å². The molecule has 1 heterocycles. The Labute approximate surface area is 90.8 Å². The van der Waals surface area contributed by atoms with Gasteiger partial charge >= 0.3 is 0 Å². The van der Waals surface area contributed by atoms with Crippen molar-refractivity contribution in [2.45, 2.75) is 0 Å². The summed E-state index contributed by atoms with van der Waals surface area (Å²) in [6.45, 7) is 2.09. The molecule has 0 aliphatic rings. The number of nitrogens with zero attached hydrogens (tertiary/aromatic N) is 1. The monoisotopic (exact) mass is 217 g/mol. The minimum atomic E-state index is 0.279. The Hall–Kier alpha value is -1.40. The summed E-state index contributed by atoms with van der Waals surface area (Å²) in [4.78, 5) is 4.47. The van der Waals surface area contributed by atoms with E-state index in [1.165, 1.54) is 0 Å². The van der Waals surface area contributed by atoms with E-state index >= 15 is 0 Å². The van der Waals surface area contributed by atoms with Crippen molar-refractivity contribution in [1.82, 2.24) is 4.98 Å². The lowest BCUT2D eigenvalue weighted by Crippen LogP contribution is -2.00. The van der Waals surface area contributed by atoms with Crippen LogP contribution in [-0.4, -0.2) is 16.8 Å². The van der Waals surface area contributed by atoms with Crippen LogP contribution in [0.25, 0.3) is 11.3 Å². The summed E-state index contributed by atoms with van der Waals surface area (Å²) in [6, 6.07) is 13.2. The first kappa shape index (κ1) is 10.1. The van der Waals surface area contributed by atoms with Gasteiger partial charge in [0, 0.05) is 5.56 Å². The predicted octanol–water partition coefficient (Wildman–Crippen LogP) is 2.39. The molecule has 3 heteroatoms. The van der Waals surface area contributed by atoms with E-state index in [2.05, 4.69) is 11.6 Å². The highest BCUT2D eigenvalue weighted by atomic mass is 31.1. The summed E-state index contributed by atoms with van der Waals surface area (Å²) < 4.78 is 0. The molecule has 76 valence electrons. The fourth-order valence-electron chi connectivity index (χ4n) is 1.41. The zero-order chi connectivity index (χ0) is 10.7. The van der Waals surface area contributed by atoms with Crippen molar-refractivity contribution in [3.63, 3.8) is 0 Å². The first-order valence-electron chi connectivity index (χ1n) is 4.74. The van der Waals surface area contributed by atoms with Crippen molar-refractivity contribution >= 4 is 14.0 Å². The summed E-state index contributed by atoms with van der Waals surface area (Å²) in [5.74, 6) is 0.279. The molecule has 0 radical (unpaired) electrons. The molecule has 2 rings (SSSR count). The Balaban J connectivity index is 2.49. The number of pyridine rings is 1. The van der Waals surface area contributed by atoms with Crippen molar-refractivity contribution in [2.24, 2.45) is 0 Å². The topological polar surface area (TPSA) is 33.1 Å². The number of hydrogen-bond acceptors (Lipinski definition) is 2. The summed E-state index contributed by atoms with van der Waals surface area (Å²) in [5, 5.41) is 9.69. The largest absolute Gasteiger partial charge is 0.507 e. The Morgan fingerprint density at radius 1 is 1.07 bits per heavy atom. The van der Waals surface area contributed by atoms with Crippen molar-refractivity contribution in [3.8, 4) is 17.0 Å². The van der Waals surface area contributed by atoms with Crippen LogP contribution in [0.4, 0.5) is 0 Å².